The van der Waals surface area contributed by atoms with Crippen LogP contribution in [0.3, 0.4) is 0 Å². The number of amides is 2. The van der Waals surface area contributed by atoms with Gasteiger partial charge in [-0.3, -0.25) is 14.2 Å². The molecule has 0 aliphatic carbocycles. The van der Waals surface area contributed by atoms with Gasteiger partial charge >= 0.3 is 6.09 Å². The van der Waals surface area contributed by atoms with Crippen molar-refractivity contribution < 1.29 is 23.5 Å². The molecule has 4 aliphatic heterocycles. The molecule has 1 N–H and O–H groups in total. The van der Waals surface area contributed by atoms with E-state index in [1.807, 2.05) is 63.2 Å². The van der Waals surface area contributed by atoms with Gasteiger partial charge in [0.25, 0.3) is 0 Å². The van der Waals surface area contributed by atoms with E-state index in [4.69, 9.17) is 9.16 Å². The molecule has 1 aromatic heterocycles. The second kappa shape index (κ2) is 7.51. The lowest BCUT2D eigenvalue weighted by Crippen LogP contribution is -2.67. The van der Waals surface area contributed by atoms with Crippen LogP contribution in [0.5, 0.6) is 0 Å². The van der Waals surface area contributed by atoms with E-state index in [0.717, 1.165) is 33.0 Å². The summed E-state index contributed by atoms with van der Waals surface area (Å²) in [6, 6.07) is 15.1. The molecular weight excluding hydrogens is 512 g/mol. The minimum atomic E-state index is -2.87. The molecule has 39 heavy (non-hydrogen) atoms. The third-order valence-electron chi connectivity index (χ3n) is 8.56. The van der Waals surface area contributed by atoms with Crippen LogP contribution in [0.15, 0.2) is 48.5 Å². The molecule has 0 bridgehead atoms. The number of carbonyl (C=O) groups excluding carboxylic acids is 3. The second-order valence-corrected chi connectivity index (χ2v) is 16.2. The van der Waals surface area contributed by atoms with Crippen LogP contribution in [0.25, 0.3) is 10.9 Å². The molecule has 0 unspecified atom stereocenters. The van der Waals surface area contributed by atoms with Crippen LogP contribution in [0.1, 0.15) is 31.9 Å². The standard InChI is InChI=1S/C29H32N4O5Si/c1-28(2,3)37-27(36)32-19-14-10-7-11-16(19)21-25(32)39(5,6)38-23-22-24(35)31(4)15-20(34)33(22)26-29(21,23)17-12-8-9-13-18(17)30-26/h7-14,22-23,26,30H,15H2,1-6H3/t22-,23+,26+,29+/m0/s1. The number of para-hydroxylation sites is 2. The van der Waals surface area contributed by atoms with Gasteiger partial charge in [0.15, 0.2) is 0 Å². The Bertz CT molecular complexity index is 1610. The van der Waals surface area contributed by atoms with Gasteiger partial charge in [-0.25, -0.2) is 4.79 Å². The number of carbonyl (C=O) groups is 3. The molecule has 4 aliphatic rings. The highest BCUT2D eigenvalue weighted by atomic mass is 28.4. The van der Waals surface area contributed by atoms with Gasteiger partial charge in [-0.1, -0.05) is 36.4 Å². The zero-order valence-corrected chi connectivity index (χ0v) is 23.9. The minimum absolute atomic E-state index is 0.0139. The molecule has 4 atom stereocenters. The van der Waals surface area contributed by atoms with Crippen LogP contribution in [-0.4, -0.2) is 78.1 Å². The predicted octanol–water partition coefficient (Wildman–Crippen LogP) is 2.96. The van der Waals surface area contributed by atoms with Gasteiger partial charge in [0.2, 0.25) is 20.1 Å². The first-order valence-electron chi connectivity index (χ1n) is 13.4. The van der Waals surface area contributed by atoms with E-state index in [0.29, 0.717) is 0 Å². The fourth-order valence-electron chi connectivity index (χ4n) is 7.34. The number of likely N-dealkylation sites (N-methyl/N-ethyl adjacent to an activating group) is 1. The van der Waals surface area contributed by atoms with E-state index in [-0.39, 0.29) is 18.4 Å². The van der Waals surface area contributed by atoms with Crippen molar-refractivity contribution in [1.82, 2.24) is 14.4 Å². The Morgan fingerprint density at radius 1 is 1.10 bits per heavy atom. The highest BCUT2D eigenvalue weighted by Gasteiger charge is 2.73. The van der Waals surface area contributed by atoms with Crippen molar-refractivity contribution in [3.8, 4) is 0 Å². The minimum Gasteiger partial charge on any atom is -0.443 e. The Morgan fingerprint density at radius 2 is 1.79 bits per heavy atom. The number of rotatable bonds is 0. The fourth-order valence-corrected chi connectivity index (χ4v) is 10.1. The molecule has 5 heterocycles. The van der Waals surface area contributed by atoms with Crippen molar-refractivity contribution in [3.05, 3.63) is 59.7 Å². The number of nitrogens with one attached hydrogen (secondary N) is 1. The van der Waals surface area contributed by atoms with Crippen molar-refractivity contribution in [3.63, 3.8) is 0 Å². The van der Waals surface area contributed by atoms with Crippen molar-refractivity contribution in [1.29, 1.82) is 0 Å². The van der Waals surface area contributed by atoms with Gasteiger partial charge in [0.05, 0.1) is 23.6 Å². The summed E-state index contributed by atoms with van der Waals surface area (Å²) in [6.07, 6.45) is -1.63. The van der Waals surface area contributed by atoms with Crippen LogP contribution in [0.4, 0.5) is 10.5 Å². The number of aromatic nitrogens is 1. The fraction of sp³-hybridized carbons (Fsp3) is 0.414. The second-order valence-electron chi connectivity index (χ2n) is 12.5. The van der Waals surface area contributed by atoms with E-state index in [2.05, 4.69) is 24.5 Å². The predicted molar refractivity (Wildman–Crippen MR) is 148 cm³/mol. The number of piperazine rings is 1. The van der Waals surface area contributed by atoms with Crippen LogP contribution in [0.2, 0.25) is 13.1 Å². The van der Waals surface area contributed by atoms with Crippen LogP contribution in [-0.2, 0) is 24.2 Å². The molecule has 9 nitrogen and oxygen atoms in total. The highest BCUT2D eigenvalue weighted by Crippen LogP contribution is 2.60. The molecule has 2 saturated heterocycles. The quantitative estimate of drug-likeness (QED) is 0.438. The Morgan fingerprint density at radius 3 is 2.54 bits per heavy atom. The molecular formula is C29H32N4O5Si. The van der Waals surface area contributed by atoms with E-state index in [1.54, 1.807) is 16.5 Å². The maximum absolute atomic E-state index is 13.9. The highest BCUT2D eigenvalue weighted by molar-refractivity contribution is 6.85. The maximum atomic E-state index is 13.9. The number of benzene rings is 2. The van der Waals surface area contributed by atoms with Gasteiger partial charge in [0.1, 0.15) is 17.8 Å². The Labute approximate surface area is 227 Å². The van der Waals surface area contributed by atoms with Gasteiger partial charge < -0.3 is 24.3 Å². The third-order valence-corrected chi connectivity index (χ3v) is 11.0. The molecule has 2 amide bonds. The summed E-state index contributed by atoms with van der Waals surface area (Å²) in [5.74, 6) is -0.251. The molecule has 202 valence electrons. The van der Waals surface area contributed by atoms with Crippen LogP contribution < -0.4 is 10.6 Å². The molecule has 3 aromatic rings. The number of nitrogens with zero attached hydrogens (tertiary/aromatic N) is 3. The summed E-state index contributed by atoms with van der Waals surface area (Å²) in [6.45, 7) is 9.69. The Balaban J connectivity index is 1.61. The first-order valence-corrected chi connectivity index (χ1v) is 16.3. The summed E-state index contributed by atoms with van der Waals surface area (Å²) in [5.41, 5.74) is 1.96. The van der Waals surface area contributed by atoms with E-state index in [9.17, 15) is 14.4 Å². The number of fused-ring (bicyclic) bond motifs is 7. The molecule has 10 heteroatoms. The number of hydrogen-bond donors (Lipinski definition) is 1. The Kier molecular flexibility index (Phi) is 4.70. The first kappa shape index (κ1) is 24.4. The van der Waals surface area contributed by atoms with Crippen molar-refractivity contribution >= 4 is 48.1 Å². The lowest BCUT2D eigenvalue weighted by Gasteiger charge is -2.46. The normalized spacial score (nSPS) is 28.4. The molecule has 2 aromatic carbocycles. The SMILES string of the molecule is CN1CC(=O)N2[C@H](C1=O)[C@H]1O[Si](C)(C)c3c(c4ccccc4n3C(=O)OC(C)(C)C)[C@]13c1ccccc1N[C@H]23. The topological polar surface area (TPSA) is 93.1 Å². The molecule has 2 fully saturated rings. The van der Waals surface area contributed by atoms with Crippen LogP contribution >= 0.6 is 0 Å². The maximum Gasteiger partial charge on any atom is 0.418 e. The molecule has 0 saturated carbocycles. The summed E-state index contributed by atoms with van der Waals surface area (Å²) >= 11 is 0. The average Bonchev–Trinajstić information content (AvgIpc) is 3.46. The van der Waals surface area contributed by atoms with Crippen molar-refractivity contribution in [2.45, 2.75) is 63.2 Å². The zero-order chi connectivity index (χ0) is 27.6. The zero-order valence-electron chi connectivity index (χ0n) is 22.9. The number of anilines is 1. The third kappa shape index (κ3) is 2.96. The largest absolute Gasteiger partial charge is 0.443 e. The van der Waals surface area contributed by atoms with E-state index < -0.39 is 43.7 Å². The lowest BCUT2D eigenvalue weighted by atomic mass is 9.70. The first-order chi connectivity index (χ1) is 18.4. The monoisotopic (exact) mass is 544 g/mol. The smallest absolute Gasteiger partial charge is 0.418 e. The van der Waals surface area contributed by atoms with Gasteiger partial charge in [-0.15, -0.1) is 0 Å². The molecule has 0 radical (unpaired) electrons. The summed E-state index contributed by atoms with van der Waals surface area (Å²) in [5, 5.41) is 5.32. The lowest BCUT2D eigenvalue weighted by molar-refractivity contribution is -0.155. The molecule has 7 rings (SSSR count). The van der Waals surface area contributed by atoms with Crippen molar-refractivity contribution in [2.24, 2.45) is 0 Å². The van der Waals surface area contributed by atoms with Gasteiger partial charge in [-0.05, 0) is 57.1 Å². The van der Waals surface area contributed by atoms with E-state index >= 15 is 0 Å². The number of hydrogen-bond acceptors (Lipinski definition) is 6. The van der Waals surface area contributed by atoms with E-state index in [1.165, 1.54) is 4.90 Å². The average molecular weight is 545 g/mol. The summed E-state index contributed by atoms with van der Waals surface area (Å²) in [7, 11) is -1.20. The van der Waals surface area contributed by atoms with Gasteiger partial charge in [0, 0.05) is 23.4 Å². The van der Waals surface area contributed by atoms with Gasteiger partial charge in [-0.2, -0.15) is 0 Å². The summed E-state index contributed by atoms with van der Waals surface area (Å²) < 4.78 is 14.7. The molecule has 1 spiro atoms. The van der Waals surface area contributed by atoms with Crippen molar-refractivity contribution in [2.75, 3.05) is 18.9 Å². The number of ether oxygens (including phenoxy) is 1. The Hall–Kier alpha value is -3.63. The van der Waals surface area contributed by atoms with Crippen LogP contribution in [0, 0.1) is 0 Å². The summed E-state index contributed by atoms with van der Waals surface area (Å²) in [4.78, 5) is 44.5.